The van der Waals surface area contributed by atoms with E-state index >= 15 is 0 Å². The van der Waals surface area contributed by atoms with E-state index in [4.69, 9.17) is 18.0 Å². The minimum absolute atomic E-state index is 0.201. The van der Waals surface area contributed by atoms with Gasteiger partial charge < -0.3 is 10.6 Å². The Morgan fingerprint density at radius 2 is 2.12 bits per heavy atom. The third-order valence-electron chi connectivity index (χ3n) is 2.97. The molecule has 1 aliphatic carbocycles. The first kappa shape index (κ1) is 13.4. The zero-order chi connectivity index (χ0) is 12.1. The predicted octanol–water partition coefficient (Wildman–Crippen LogP) is 0.605. The second-order valence-electron chi connectivity index (χ2n) is 4.32. The first-order chi connectivity index (χ1) is 7.54. The van der Waals surface area contributed by atoms with Crippen molar-refractivity contribution in [1.82, 2.24) is 9.80 Å². The van der Waals surface area contributed by atoms with Gasteiger partial charge in [-0.2, -0.15) is 0 Å². The molecule has 1 rings (SSSR count). The Labute approximate surface area is 103 Å². The van der Waals surface area contributed by atoms with Crippen molar-refractivity contribution in [3.8, 4) is 0 Å². The molecule has 0 radical (unpaired) electrons. The molecule has 4 nitrogen and oxygen atoms in total. The van der Waals surface area contributed by atoms with Crippen LogP contribution in [-0.2, 0) is 4.79 Å². The van der Waals surface area contributed by atoms with Crippen LogP contribution in [0, 0.1) is 0 Å². The van der Waals surface area contributed by atoms with Gasteiger partial charge >= 0.3 is 0 Å². The molecular formula is C11H21N3OS. The summed E-state index contributed by atoms with van der Waals surface area (Å²) in [5.74, 6) is 0.201. The molecule has 0 saturated heterocycles. The maximum Gasteiger partial charge on any atom is 0.236 e. The Bertz CT molecular complexity index is 266. The normalized spacial score (nSPS) is 15.2. The van der Waals surface area contributed by atoms with Crippen molar-refractivity contribution in [2.24, 2.45) is 5.73 Å². The quantitative estimate of drug-likeness (QED) is 0.666. The van der Waals surface area contributed by atoms with E-state index in [1.165, 1.54) is 0 Å². The SMILES string of the molecule is CCN(CCC(N)=S)CC(=O)N(C)C1CC1. The van der Waals surface area contributed by atoms with Gasteiger partial charge in [-0.25, -0.2) is 0 Å². The van der Waals surface area contributed by atoms with Crippen molar-refractivity contribution in [1.29, 1.82) is 0 Å². The number of likely N-dealkylation sites (N-methyl/N-ethyl adjacent to an activating group) is 2. The van der Waals surface area contributed by atoms with E-state index in [9.17, 15) is 4.79 Å². The van der Waals surface area contributed by atoms with Crippen LogP contribution >= 0.6 is 12.2 Å². The Kier molecular flexibility index (Phi) is 5.15. The summed E-state index contributed by atoms with van der Waals surface area (Å²) in [6.07, 6.45) is 2.99. The average molecular weight is 243 g/mol. The van der Waals surface area contributed by atoms with Crippen LogP contribution in [0.5, 0.6) is 0 Å². The molecule has 2 N–H and O–H groups in total. The molecule has 92 valence electrons. The number of thiocarbonyl (C=S) groups is 1. The number of amides is 1. The minimum atomic E-state index is 0.201. The van der Waals surface area contributed by atoms with E-state index in [1.54, 1.807) is 0 Å². The van der Waals surface area contributed by atoms with E-state index in [2.05, 4.69) is 4.90 Å². The highest BCUT2D eigenvalue weighted by atomic mass is 32.1. The van der Waals surface area contributed by atoms with Crippen LogP contribution in [0.4, 0.5) is 0 Å². The van der Waals surface area contributed by atoms with Gasteiger partial charge in [0.1, 0.15) is 0 Å². The van der Waals surface area contributed by atoms with Crippen LogP contribution in [-0.4, -0.2) is 53.4 Å². The lowest BCUT2D eigenvalue weighted by Gasteiger charge is -2.23. The summed E-state index contributed by atoms with van der Waals surface area (Å²) >= 11 is 4.83. The molecule has 1 fully saturated rings. The average Bonchev–Trinajstić information content (AvgIpc) is 3.06. The molecule has 0 aliphatic heterocycles. The maximum absolute atomic E-state index is 11.9. The van der Waals surface area contributed by atoms with Gasteiger partial charge in [-0.1, -0.05) is 19.1 Å². The molecule has 0 aromatic carbocycles. The molecule has 0 heterocycles. The zero-order valence-electron chi connectivity index (χ0n) is 10.1. The molecule has 1 amide bonds. The van der Waals surface area contributed by atoms with Gasteiger partial charge in [-0.3, -0.25) is 9.69 Å². The van der Waals surface area contributed by atoms with Gasteiger partial charge in [0.15, 0.2) is 0 Å². The number of hydrogen-bond acceptors (Lipinski definition) is 3. The van der Waals surface area contributed by atoms with Gasteiger partial charge in [-0.15, -0.1) is 0 Å². The van der Waals surface area contributed by atoms with Gasteiger partial charge in [0.05, 0.1) is 11.5 Å². The number of carbonyl (C=O) groups excluding carboxylic acids is 1. The van der Waals surface area contributed by atoms with Gasteiger partial charge in [0, 0.05) is 26.1 Å². The number of hydrogen-bond donors (Lipinski definition) is 1. The standard InChI is InChI=1S/C11H21N3OS/c1-3-14(7-6-10(12)16)8-11(15)13(2)9-4-5-9/h9H,3-8H2,1-2H3,(H2,12,16). The zero-order valence-corrected chi connectivity index (χ0v) is 10.9. The van der Waals surface area contributed by atoms with Crippen molar-refractivity contribution in [2.75, 3.05) is 26.7 Å². The molecule has 16 heavy (non-hydrogen) atoms. The van der Waals surface area contributed by atoms with Crippen molar-refractivity contribution >= 4 is 23.1 Å². The van der Waals surface area contributed by atoms with Crippen molar-refractivity contribution < 1.29 is 4.79 Å². The molecule has 0 unspecified atom stereocenters. The fourth-order valence-electron chi connectivity index (χ4n) is 1.59. The lowest BCUT2D eigenvalue weighted by molar-refractivity contribution is -0.131. The first-order valence-corrected chi connectivity index (χ1v) is 6.21. The lowest BCUT2D eigenvalue weighted by atomic mass is 10.3. The number of carbonyl (C=O) groups is 1. The topological polar surface area (TPSA) is 49.6 Å². The van der Waals surface area contributed by atoms with E-state index < -0.39 is 0 Å². The molecule has 0 atom stereocenters. The fraction of sp³-hybridized carbons (Fsp3) is 0.818. The van der Waals surface area contributed by atoms with Gasteiger partial charge in [0.25, 0.3) is 0 Å². The second kappa shape index (κ2) is 6.15. The van der Waals surface area contributed by atoms with Crippen molar-refractivity contribution in [3.05, 3.63) is 0 Å². The molecule has 1 saturated carbocycles. The highest BCUT2D eigenvalue weighted by Gasteiger charge is 2.29. The van der Waals surface area contributed by atoms with Crippen LogP contribution in [0.15, 0.2) is 0 Å². The van der Waals surface area contributed by atoms with E-state index in [0.29, 0.717) is 24.0 Å². The lowest BCUT2D eigenvalue weighted by Crippen LogP contribution is -2.40. The summed E-state index contributed by atoms with van der Waals surface area (Å²) in [7, 11) is 1.89. The predicted molar refractivity (Wildman–Crippen MR) is 69.3 cm³/mol. The summed E-state index contributed by atoms with van der Waals surface area (Å²) in [6, 6.07) is 0.488. The number of nitrogens with two attached hydrogens (primary N) is 1. The van der Waals surface area contributed by atoms with Gasteiger partial charge in [-0.05, 0) is 19.4 Å². The summed E-state index contributed by atoms with van der Waals surface area (Å²) in [4.78, 5) is 16.3. The fourth-order valence-corrected chi connectivity index (χ4v) is 1.68. The van der Waals surface area contributed by atoms with Crippen LogP contribution in [0.25, 0.3) is 0 Å². The molecular weight excluding hydrogens is 222 g/mol. The van der Waals surface area contributed by atoms with Crippen LogP contribution in [0.1, 0.15) is 26.2 Å². The molecule has 1 aliphatic rings. The van der Waals surface area contributed by atoms with Gasteiger partial charge in [0.2, 0.25) is 5.91 Å². The maximum atomic E-state index is 11.9. The van der Waals surface area contributed by atoms with E-state index in [1.807, 2.05) is 18.9 Å². The highest BCUT2D eigenvalue weighted by Crippen LogP contribution is 2.25. The van der Waals surface area contributed by atoms with Crippen LogP contribution in [0.2, 0.25) is 0 Å². The first-order valence-electron chi connectivity index (χ1n) is 5.81. The highest BCUT2D eigenvalue weighted by molar-refractivity contribution is 7.80. The molecule has 5 heteroatoms. The minimum Gasteiger partial charge on any atom is -0.393 e. The number of rotatable bonds is 7. The van der Waals surface area contributed by atoms with E-state index in [-0.39, 0.29) is 5.91 Å². The third-order valence-corrected chi connectivity index (χ3v) is 3.17. The summed E-state index contributed by atoms with van der Waals surface area (Å²) < 4.78 is 0. The molecule has 0 bridgehead atoms. The Balaban J connectivity index is 2.30. The van der Waals surface area contributed by atoms with Crippen LogP contribution in [0.3, 0.4) is 0 Å². The molecule has 0 aromatic rings. The number of nitrogens with zero attached hydrogens (tertiary/aromatic N) is 2. The monoisotopic (exact) mass is 243 g/mol. The van der Waals surface area contributed by atoms with Crippen LogP contribution < -0.4 is 5.73 Å². The third kappa shape index (κ3) is 4.45. The Morgan fingerprint density at radius 3 is 2.56 bits per heavy atom. The van der Waals surface area contributed by atoms with Crippen molar-refractivity contribution in [2.45, 2.75) is 32.2 Å². The smallest absolute Gasteiger partial charge is 0.236 e. The van der Waals surface area contributed by atoms with Crippen molar-refractivity contribution in [3.63, 3.8) is 0 Å². The largest absolute Gasteiger partial charge is 0.393 e. The summed E-state index contributed by atoms with van der Waals surface area (Å²) in [5, 5.41) is 0. The second-order valence-corrected chi connectivity index (χ2v) is 4.85. The Morgan fingerprint density at radius 1 is 1.50 bits per heavy atom. The summed E-state index contributed by atoms with van der Waals surface area (Å²) in [5.41, 5.74) is 5.45. The summed E-state index contributed by atoms with van der Waals surface area (Å²) in [6.45, 7) is 4.15. The van der Waals surface area contributed by atoms with E-state index in [0.717, 1.165) is 25.9 Å². The molecule has 0 aromatic heterocycles. The Hall–Kier alpha value is -0.680. The molecule has 0 spiro atoms.